The third-order valence-electron chi connectivity index (χ3n) is 3.62. The van der Waals surface area contributed by atoms with Crippen molar-refractivity contribution in [3.63, 3.8) is 0 Å². The SMILES string of the molecule is C[C@@H](n1ncnn1)[C@](O)(Cn1cncn1)c1ccc(F)cc1. The van der Waals surface area contributed by atoms with Crippen LogP contribution in [0.5, 0.6) is 0 Å². The van der Waals surface area contributed by atoms with Crippen LogP contribution in [-0.4, -0.2) is 40.1 Å². The maximum absolute atomic E-state index is 13.2. The van der Waals surface area contributed by atoms with Crippen LogP contribution in [0.3, 0.4) is 0 Å². The molecule has 1 N–H and O–H groups in total. The van der Waals surface area contributed by atoms with Gasteiger partial charge in [-0.2, -0.15) is 9.90 Å². The van der Waals surface area contributed by atoms with Gasteiger partial charge in [0.2, 0.25) is 0 Å². The van der Waals surface area contributed by atoms with Gasteiger partial charge in [-0.15, -0.1) is 10.2 Å². The Kier molecular flexibility index (Phi) is 3.63. The first-order valence-corrected chi connectivity index (χ1v) is 6.63. The Morgan fingerprint density at radius 1 is 1.23 bits per heavy atom. The summed E-state index contributed by atoms with van der Waals surface area (Å²) in [7, 11) is 0. The lowest BCUT2D eigenvalue weighted by atomic mass is 9.87. The molecule has 0 radical (unpaired) electrons. The molecule has 9 heteroatoms. The topological polar surface area (TPSA) is 94.5 Å². The van der Waals surface area contributed by atoms with E-state index in [9.17, 15) is 9.50 Å². The highest BCUT2D eigenvalue weighted by Gasteiger charge is 2.39. The highest BCUT2D eigenvalue weighted by atomic mass is 19.1. The lowest BCUT2D eigenvalue weighted by Crippen LogP contribution is -2.40. The number of nitrogens with zero attached hydrogens (tertiary/aromatic N) is 7. The molecule has 0 saturated carbocycles. The van der Waals surface area contributed by atoms with E-state index in [-0.39, 0.29) is 12.4 Å². The van der Waals surface area contributed by atoms with E-state index in [2.05, 4.69) is 25.5 Å². The molecule has 8 nitrogen and oxygen atoms in total. The van der Waals surface area contributed by atoms with E-state index < -0.39 is 11.6 Å². The summed E-state index contributed by atoms with van der Waals surface area (Å²) in [6.07, 6.45) is 4.16. The molecule has 0 aliphatic carbocycles. The fourth-order valence-corrected chi connectivity index (χ4v) is 2.31. The molecular weight excluding hydrogens is 289 g/mol. The van der Waals surface area contributed by atoms with Crippen LogP contribution < -0.4 is 0 Å². The molecule has 0 unspecified atom stereocenters. The van der Waals surface area contributed by atoms with Gasteiger partial charge in [-0.1, -0.05) is 12.1 Å². The molecular formula is C13H14FN7O. The predicted molar refractivity (Wildman–Crippen MR) is 72.8 cm³/mol. The molecule has 2 atom stereocenters. The summed E-state index contributed by atoms with van der Waals surface area (Å²) in [4.78, 5) is 5.17. The molecule has 3 rings (SSSR count). The van der Waals surface area contributed by atoms with Gasteiger partial charge in [0.1, 0.15) is 30.1 Å². The van der Waals surface area contributed by atoms with Crippen LogP contribution in [-0.2, 0) is 12.1 Å². The Balaban J connectivity index is 2.02. The third kappa shape index (κ3) is 2.58. The van der Waals surface area contributed by atoms with Crippen molar-refractivity contribution in [3.05, 3.63) is 54.6 Å². The van der Waals surface area contributed by atoms with Crippen molar-refractivity contribution in [1.29, 1.82) is 0 Å². The van der Waals surface area contributed by atoms with Gasteiger partial charge in [0, 0.05) is 0 Å². The lowest BCUT2D eigenvalue weighted by molar-refractivity contribution is -0.0390. The summed E-state index contributed by atoms with van der Waals surface area (Å²) in [5.74, 6) is -0.376. The second-order valence-electron chi connectivity index (χ2n) is 4.96. The Morgan fingerprint density at radius 3 is 2.59 bits per heavy atom. The molecule has 1 aromatic carbocycles. The first kappa shape index (κ1) is 14.3. The summed E-state index contributed by atoms with van der Waals surface area (Å²) in [5.41, 5.74) is -0.892. The molecule has 3 aromatic rings. The summed E-state index contributed by atoms with van der Waals surface area (Å²) in [6.45, 7) is 1.86. The normalized spacial score (nSPS) is 15.4. The van der Waals surface area contributed by atoms with Crippen molar-refractivity contribution >= 4 is 0 Å². The van der Waals surface area contributed by atoms with Crippen LogP contribution in [0.15, 0.2) is 43.2 Å². The minimum Gasteiger partial charge on any atom is -0.381 e. The van der Waals surface area contributed by atoms with Gasteiger partial charge >= 0.3 is 0 Å². The summed E-state index contributed by atoms with van der Waals surface area (Å²) >= 11 is 0. The van der Waals surface area contributed by atoms with Gasteiger partial charge < -0.3 is 5.11 Å². The smallest absolute Gasteiger partial charge is 0.162 e. The number of hydrogen-bond acceptors (Lipinski definition) is 6. The van der Waals surface area contributed by atoms with Gasteiger partial charge in [-0.3, -0.25) is 0 Å². The molecule has 2 heterocycles. The summed E-state index contributed by atoms with van der Waals surface area (Å²) in [5, 5.41) is 26.7. The van der Waals surface area contributed by atoms with Crippen molar-refractivity contribution in [2.45, 2.75) is 25.1 Å². The van der Waals surface area contributed by atoms with E-state index in [0.29, 0.717) is 5.56 Å². The molecule has 2 aromatic heterocycles. The number of tetrazole rings is 1. The van der Waals surface area contributed by atoms with Gasteiger partial charge in [0.15, 0.2) is 6.33 Å². The highest BCUT2D eigenvalue weighted by molar-refractivity contribution is 5.24. The van der Waals surface area contributed by atoms with Crippen LogP contribution in [0.4, 0.5) is 4.39 Å². The molecule has 0 fully saturated rings. The van der Waals surface area contributed by atoms with Gasteiger partial charge in [0.25, 0.3) is 0 Å². The number of aromatic nitrogens is 7. The van der Waals surface area contributed by atoms with Crippen LogP contribution in [0, 0.1) is 5.82 Å². The average Bonchev–Trinajstić information content (AvgIpc) is 3.20. The summed E-state index contributed by atoms with van der Waals surface area (Å²) < 4.78 is 14.7. The van der Waals surface area contributed by atoms with Gasteiger partial charge in [0.05, 0.1) is 6.54 Å². The predicted octanol–water partition coefficient (Wildman–Crippen LogP) is 0.553. The first-order chi connectivity index (χ1) is 10.6. The summed E-state index contributed by atoms with van der Waals surface area (Å²) in [6, 6.07) is 5.09. The number of benzene rings is 1. The Labute approximate surface area is 125 Å². The van der Waals surface area contributed by atoms with Crippen molar-refractivity contribution in [2.75, 3.05) is 0 Å². The fourth-order valence-electron chi connectivity index (χ4n) is 2.31. The second-order valence-corrected chi connectivity index (χ2v) is 4.96. The Morgan fingerprint density at radius 2 is 2.00 bits per heavy atom. The van der Waals surface area contributed by atoms with Gasteiger partial charge in [-0.05, 0) is 29.8 Å². The van der Waals surface area contributed by atoms with Crippen molar-refractivity contribution in [2.24, 2.45) is 0 Å². The number of halogens is 1. The fraction of sp³-hybridized carbons (Fsp3) is 0.308. The zero-order valence-corrected chi connectivity index (χ0v) is 11.8. The van der Waals surface area contributed by atoms with E-state index in [0.717, 1.165) is 0 Å². The van der Waals surface area contributed by atoms with Crippen molar-refractivity contribution in [3.8, 4) is 0 Å². The standard InChI is InChI=1S/C13H14FN7O/c1-10(21-18-8-16-19-21)13(22,6-20-9-15-7-17-20)11-2-4-12(14)5-3-11/h2-5,7-10,22H,6H2,1H3/t10-,13-/m1/s1. The van der Waals surface area contributed by atoms with E-state index in [4.69, 9.17) is 0 Å². The maximum Gasteiger partial charge on any atom is 0.162 e. The zero-order valence-electron chi connectivity index (χ0n) is 11.8. The average molecular weight is 303 g/mol. The zero-order chi connectivity index (χ0) is 15.6. The Bertz CT molecular complexity index is 713. The third-order valence-corrected chi connectivity index (χ3v) is 3.62. The number of aliphatic hydroxyl groups is 1. The Hall–Kier alpha value is -2.68. The molecule has 0 amide bonds. The highest BCUT2D eigenvalue weighted by Crippen LogP contribution is 2.34. The van der Waals surface area contributed by atoms with E-state index in [1.165, 1.54) is 52.7 Å². The quantitative estimate of drug-likeness (QED) is 0.740. The van der Waals surface area contributed by atoms with Crippen molar-refractivity contribution in [1.82, 2.24) is 35.0 Å². The molecule has 0 aliphatic rings. The van der Waals surface area contributed by atoms with Crippen LogP contribution in [0.1, 0.15) is 18.5 Å². The van der Waals surface area contributed by atoms with E-state index >= 15 is 0 Å². The first-order valence-electron chi connectivity index (χ1n) is 6.63. The number of rotatable bonds is 5. The minimum absolute atomic E-state index is 0.112. The molecule has 0 aliphatic heterocycles. The van der Waals surface area contributed by atoms with Gasteiger partial charge in [-0.25, -0.2) is 14.1 Å². The molecule has 22 heavy (non-hydrogen) atoms. The molecule has 114 valence electrons. The van der Waals surface area contributed by atoms with E-state index in [1.807, 2.05) is 0 Å². The lowest BCUT2D eigenvalue weighted by Gasteiger charge is -2.33. The van der Waals surface area contributed by atoms with E-state index in [1.54, 1.807) is 6.92 Å². The molecule has 0 bridgehead atoms. The van der Waals surface area contributed by atoms with Crippen LogP contribution in [0.2, 0.25) is 0 Å². The number of hydrogen-bond donors (Lipinski definition) is 1. The van der Waals surface area contributed by atoms with Crippen LogP contribution >= 0.6 is 0 Å². The van der Waals surface area contributed by atoms with Crippen LogP contribution in [0.25, 0.3) is 0 Å². The molecule has 0 spiro atoms. The monoisotopic (exact) mass is 303 g/mol. The minimum atomic E-state index is -1.41. The second kappa shape index (κ2) is 5.60. The molecule has 0 saturated heterocycles. The largest absolute Gasteiger partial charge is 0.381 e. The maximum atomic E-state index is 13.2. The van der Waals surface area contributed by atoms with Crippen molar-refractivity contribution < 1.29 is 9.50 Å².